The molecule has 2 aromatic heterocycles. The number of nitrogens with zero attached hydrogens (tertiary/aromatic N) is 3. The number of ether oxygens (including phenoxy) is 2. The zero-order valence-corrected chi connectivity index (χ0v) is 19.3. The lowest BCUT2D eigenvalue weighted by Crippen LogP contribution is -2.43. The Morgan fingerprint density at radius 1 is 1.00 bits per heavy atom. The van der Waals surface area contributed by atoms with E-state index in [1.54, 1.807) is 61.5 Å². The van der Waals surface area contributed by atoms with E-state index in [-0.39, 0.29) is 16.6 Å². The zero-order valence-electron chi connectivity index (χ0n) is 19.3. The zero-order chi connectivity index (χ0) is 25.1. The number of anilines is 1. The Kier molecular flexibility index (Phi) is 6.45. The molecule has 2 heterocycles. The summed E-state index contributed by atoms with van der Waals surface area (Å²) < 4.78 is 12.0. The Morgan fingerprint density at radius 3 is 2.43 bits per heavy atom. The van der Waals surface area contributed by atoms with Crippen LogP contribution >= 0.6 is 0 Å². The summed E-state index contributed by atoms with van der Waals surface area (Å²) in [4.78, 5) is 56.7. The van der Waals surface area contributed by atoms with Crippen LogP contribution in [0.15, 0.2) is 70.3 Å². The monoisotopic (exact) mass is 474 g/mol. The van der Waals surface area contributed by atoms with Crippen molar-refractivity contribution >= 4 is 28.6 Å². The smallest absolute Gasteiger partial charge is 0.338 e. The molecule has 4 aromatic rings. The van der Waals surface area contributed by atoms with Gasteiger partial charge in [-0.05, 0) is 37.3 Å². The lowest BCUT2D eigenvalue weighted by atomic mass is 10.1. The van der Waals surface area contributed by atoms with Crippen molar-refractivity contribution in [1.82, 2.24) is 14.1 Å². The van der Waals surface area contributed by atoms with E-state index in [0.717, 1.165) is 4.57 Å². The van der Waals surface area contributed by atoms with Crippen LogP contribution in [-0.2, 0) is 16.1 Å². The Hall–Kier alpha value is -4.73. The molecule has 0 bridgehead atoms. The third kappa shape index (κ3) is 4.54. The van der Waals surface area contributed by atoms with Crippen molar-refractivity contribution in [2.45, 2.75) is 13.5 Å². The van der Waals surface area contributed by atoms with Gasteiger partial charge in [-0.25, -0.2) is 23.7 Å². The highest BCUT2D eigenvalue weighted by Crippen LogP contribution is 2.19. The molecule has 0 aliphatic heterocycles. The van der Waals surface area contributed by atoms with Gasteiger partial charge in [-0.15, -0.1) is 0 Å². The first kappa shape index (κ1) is 23.4. The second-order valence-electron chi connectivity index (χ2n) is 7.63. The molecule has 0 unspecified atom stereocenters. The Labute approximate surface area is 199 Å². The molecule has 4 rings (SSSR count). The van der Waals surface area contributed by atoms with Gasteiger partial charge in [0.15, 0.2) is 5.65 Å². The molecule has 10 nitrogen and oxygen atoms in total. The number of benzene rings is 2. The minimum Gasteiger partial charge on any atom is -0.497 e. The molecule has 0 radical (unpaired) electrons. The molecule has 35 heavy (non-hydrogen) atoms. The highest BCUT2D eigenvalue weighted by atomic mass is 16.5. The van der Waals surface area contributed by atoms with Crippen LogP contribution in [0.5, 0.6) is 5.75 Å². The summed E-state index contributed by atoms with van der Waals surface area (Å²) in [5.41, 5.74) is -0.399. The van der Waals surface area contributed by atoms with Gasteiger partial charge in [0, 0.05) is 17.4 Å². The number of nitrogens with one attached hydrogen (secondary N) is 1. The van der Waals surface area contributed by atoms with Gasteiger partial charge in [-0.2, -0.15) is 0 Å². The van der Waals surface area contributed by atoms with Crippen molar-refractivity contribution in [3.05, 3.63) is 92.8 Å². The lowest BCUT2D eigenvalue weighted by molar-refractivity contribution is -0.116. The summed E-state index contributed by atoms with van der Waals surface area (Å²) in [5.74, 6) is -0.847. The number of pyridine rings is 1. The first-order valence-electron chi connectivity index (χ1n) is 10.6. The predicted molar refractivity (Wildman–Crippen MR) is 129 cm³/mol. The third-order valence-electron chi connectivity index (χ3n) is 5.30. The maximum absolute atomic E-state index is 13.5. The number of hydrogen-bond acceptors (Lipinski definition) is 7. The van der Waals surface area contributed by atoms with E-state index in [1.165, 1.54) is 24.9 Å². The summed E-state index contributed by atoms with van der Waals surface area (Å²) in [6.45, 7) is 1.05. The van der Waals surface area contributed by atoms with Gasteiger partial charge >= 0.3 is 11.7 Å². The first-order chi connectivity index (χ1) is 16.8. The van der Waals surface area contributed by atoms with E-state index in [9.17, 15) is 19.2 Å². The van der Waals surface area contributed by atoms with Crippen LogP contribution in [0, 0.1) is 6.92 Å². The lowest BCUT2D eigenvalue weighted by Gasteiger charge is -2.15. The van der Waals surface area contributed by atoms with Crippen molar-refractivity contribution in [1.29, 1.82) is 0 Å². The summed E-state index contributed by atoms with van der Waals surface area (Å²) in [6, 6.07) is 16.6. The predicted octanol–water partition coefficient (Wildman–Crippen LogP) is 2.29. The number of rotatable bonds is 6. The second kappa shape index (κ2) is 9.64. The molecule has 0 aliphatic rings. The molecule has 0 atom stereocenters. The minimum absolute atomic E-state index is 0.00365. The number of amides is 1. The molecule has 0 spiro atoms. The molecule has 1 N–H and O–H groups in total. The van der Waals surface area contributed by atoms with Crippen molar-refractivity contribution < 1.29 is 19.1 Å². The third-order valence-corrected chi connectivity index (χ3v) is 5.30. The quantitative estimate of drug-likeness (QED) is 0.426. The topological polar surface area (TPSA) is 122 Å². The number of carbonyl (C=O) groups is 2. The molecule has 2 aromatic carbocycles. The maximum atomic E-state index is 13.5. The van der Waals surface area contributed by atoms with Crippen LogP contribution < -0.4 is 21.3 Å². The molecular formula is C25H22N4O6. The van der Waals surface area contributed by atoms with Gasteiger partial charge in [-0.3, -0.25) is 9.59 Å². The van der Waals surface area contributed by atoms with Crippen LogP contribution in [-0.4, -0.2) is 40.2 Å². The van der Waals surface area contributed by atoms with Gasteiger partial charge in [0.25, 0.3) is 5.56 Å². The highest BCUT2D eigenvalue weighted by Gasteiger charge is 2.23. The van der Waals surface area contributed by atoms with Gasteiger partial charge < -0.3 is 14.8 Å². The van der Waals surface area contributed by atoms with Crippen molar-refractivity contribution in [2.24, 2.45) is 0 Å². The average molecular weight is 474 g/mol. The molecule has 1 amide bonds. The number of esters is 1. The highest BCUT2D eigenvalue weighted by molar-refractivity contribution is 6.02. The number of para-hydroxylation sites is 1. The normalized spacial score (nSPS) is 10.7. The van der Waals surface area contributed by atoms with E-state index in [4.69, 9.17) is 9.47 Å². The molecule has 0 saturated carbocycles. The van der Waals surface area contributed by atoms with Crippen LogP contribution in [0.1, 0.15) is 16.1 Å². The Morgan fingerprint density at radius 2 is 1.74 bits per heavy atom. The van der Waals surface area contributed by atoms with Crippen LogP contribution in [0.3, 0.4) is 0 Å². The number of fused-ring (bicyclic) bond motifs is 1. The summed E-state index contributed by atoms with van der Waals surface area (Å²) in [6.07, 6.45) is 0. The fraction of sp³-hybridized carbons (Fsp3) is 0.160. The summed E-state index contributed by atoms with van der Waals surface area (Å²) >= 11 is 0. The van der Waals surface area contributed by atoms with Gasteiger partial charge in [0.05, 0.1) is 30.9 Å². The van der Waals surface area contributed by atoms with Crippen LogP contribution in [0.25, 0.3) is 16.7 Å². The fourth-order valence-electron chi connectivity index (χ4n) is 3.73. The van der Waals surface area contributed by atoms with E-state index in [1.807, 2.05) is 0 Å². The number of carbonyl (C=O) groups excluding carboxylic acids is 2. The largest absolute Gasteiger partial charge is 0.497 e. The van der Waals surface area contributed by atoms with Crippen molar-refractivity contribution in [3.8, 4) is 11.4 Å². The number of aryl methyl sites for hydroxylation is 1. The Balaban J connectivity index is 1.93. The van der Waals surface area contributed by atoms with E-state index < -0.39 is 29.7 Å². The van der Waals surface area contributed by atoms with Gasteiger partial charge in [-0.1, -0.05) is 24.3 Å². The molecule has 0 saturated heterocycles. The van der Waals surface area contributed by atoms with Gasteiger partial charge in [0.2, 0.25) is 5.91 Å². The SMILES string of the molecule is COC(=O)c1cc(C)nc2c1c(=O)n(CC(=O)Nc1cccc(OC)c1)c(=O)n2-c1ccccc1. The second-order valence-corrected chi connectivity index (χ2v) is 7.63. The Bertz CT molecular complexity index is 1560. The summed E-state index contributed by atoms with van der Waals surface area (Å²) in [5, 5.41) is 2.53. The maximum Gasteiger partial charge on any atom is 0.338 e. The molecule has 0 aliphatic carbocycles. The standard InChI is InChI=1S/C25H22N4O6/c1-15-12-19(24(32)35-3)21-22(26-15)29(17-9-5-4-6-10-17)25(33)28(23(21)31)14-20(30)27-16-8-7-11-18(13-16)34-2/h4-13H,14H2,1-3H3,(H,27,30). The van der Waals surface area contributed by atoms with Crippen molar-refractivity contribution in [3.63, 3.8) is 0 Å². The van der Waals surface area contributed by atoms with Crippen molar-refractivity contribution in [2.75, 3.05) is 19.5 Å². The molecule has 10 heteroatoms. The number of hydrogen-bond donors (Lipinski definition) is 1. The number of methoxy groups -OCH3 is 2. The van der Waals surface area contributed by atoms with Crippen LogP contribution in [0.2, 0.25) is 0 Å². The van der Waals surface area contributed by atoms with Crippen LogP contribution in [0.4, 0.5) is 5.69 Å². The van der Waals surface area contributed by atoms with E-state index in [2.05, 4.69) is 10.3 Å². The molecule has 178 valence electrons. The van der Waals surface area contributed by atoms with Gasteiger partial charge in [0.1, 0.15) is 12.3 Å². The number of aromatic nitrogens is 3. The molecule has 0 fully saturated rings. The van der Waals surface area contributed by atoms with E-state index in [0.29, 0.717) is 22.8 Å². The first-order valence-corrected chi connectivity index (χ1v) is 10.6. The summed E-state index contributed by atoms with van der Waals surface area (Å²) in [7, 11) is 2.69. The van der Waals surface area contributed by atoms with E-state index >= 15 is 0 Å². The molecular weight excluding hydrogens is 452 g/mol. The minimum atomic E-state index is -0.828. The fourth-order valence-corrected chi connectivity index (χ4v) is 3.73. The average Bonchev–Trinajstić information content (AvgIpc) is 2.86.